The van der Waals surface area contributed by atoms with E-state index in [1.807, 2.05) is 11.8 Å². The van der Waals surface area contributed by atoms with Gasteiger partial charge in [-0.15, -0.1) is 0 Å². The maximum Gasteiger partial charge on any atom is 0.226 e. The monoisotopic (exact) mass is 269 g/mol. The molecule has 2 rings (SSSR count). The number of aromatic nitrogens is 2. The van der Waals surface area contributed by atoms with Gasteiger partial charge in [0.05, 0.1) is 5.75 Å². The Balaban J connectivity index is 1.74. The molecule has 1 fully saturated rings. The maximum atomic E-state index is 5.32. The normalized spacial score (nSPS) is 20.5. The van der Waals surface area contributed by atoms with Gasteiger partial charge in [-0.1, -0.05) is 19.0 Å². The topological polar surface area (TPSA) is 51.0 Å². The molecule has 18 heavy (non-hydrogen) atoms. The van der Waals surface area contributed by atoms with Crippen LogP contribution in [0.1, 0.15) is 38.4 Å². The number of nitrogens with zero attached hydrogens (tertiary/aromatic N) is 2. The van der Waals surface area contributed by atoms with E-state index < -0.39 is 0 Å². The van der Waals surface area contributed by atoms with Crippen molar-refractivity contribution in [1.29, 1.82) is 0 Å². The first-order chi connectivity index (χ1) is 8.74. The molecule has 0 aromatic carbocycles. The Hall–Kier alpha value is -0.550. The summed E-state index contributed by atoms with van der Waals surface area (Å²) >= 11 is 1.88. The molecule has 1 N–H and O–H groups in total. The van der Waals surface area contributed by atoms with Gasteiger partial charge in [0, 0.05) is 6.42 Å². The Morgan fingerprint density at radius 2 is 2.39 bits per heavy atom. The highest BCUT2D eigenvalue weighted by molar-refractivity contribution is 7.98. The van der Waals surface area contributed by atoms with Crippen LogP contribution in [0.3, 0.4) is 0 Å². The molecule has 1 saturated heterocycles. The number of rotatable bonds is 6. The summed E-state index contributed by atoms with van der Waals surface area (Å²) in [5.41, 5.74) is 0. The van der Waals surface area contributed by atoms with Crippen molar-refractivity contribution in [2.75, 3.05) is 18.8 Å². The fourth-order valence-corrected chi connectivity index (χ4v) is 3.05. The van der Waals surface area contributed by atoms with Gasteiger partial charge >= 0.3 is 0 Å². The van der Waals surface area contributed by atoms with Gasteiger partial charge in [-0.3, -0.25) is 0 Å². The Kier molecular flexibility index (Phi) is 5.50. The molecule has 1 aromatic heterocycles. The average molecular weight is 269 g/mol. The molecule has 5 heteroatoms. The molecule has 2 heterocycles. The number of hydrogen-bond acceptors (Lipinski definition) is 5. The number of piperidine rings is 1. The van der Waals surface area contributed by atoms with Gasteiger partial charge in [-0.25, -0.2) is 0 Å². The molecule has 0 bridgehead atoms. The maximum absolute atomic E-state index is 5.32. The summed E-state index contributed by atoms with van der Waals surface area (Å²) in [6, 6.07) is 0. The van der Waals surface area contributed by atoms with Crippen molar-refractivity contribution >= 4 is 11.8 Å². The Bertz CT molecular complexity index is 348. The van der Waals surface area contributed by atoms with Crippen LogP contribution in [0, 0.1) is 11.8 Å². The van der Waals surface area contributed by atoms with E-state index in [1.165, 1.54) is 12.8 Å². The molecule has 1 aliphatic heterocycles. The Labute approximate surface area is 113 Å². The van der Waals surface area contributed by atoms with Crippen LogP contribution in [0.5, 0.6) is 0 Å². The zero-order valence-electron chi connectivity index (χ0n) is 11.3. The third kappa shape index (κ3) is 4.61. The zero-order chi connectivity index (χ0) is 12.8. The molecule has 0 saturated carbocycles. The van der Waals surface area contributed by atoms with Crippen molar-refractivity contribution in [2.24, 2.45) is 11.8 Å². The van der Waals surface area contributed by atoms with Crippen molar-refractivity contribution in [3.8, 4) is 0 Å². The summed E-state index contributed by atoms with van der Waals surface area (Å²) in [6.45, 7) is 6.69. The summed E-state index contributed by atoms with van der Waals surface area (Å²) in [4.78, 5) is 4.47. The predicted octanol–water partition coefficient (Wildman–Crippen LogP) is 2.50. The van der Waals surface area contributed by atoms with Crippen LogP contribution in [0.25, 0.3) is 0 Å². The molecule has 1 atom stereocenters. The van der Waals surface area contributed by atoms with Crippen molar-refractivity contribution in [2.45, 2.75) is 38.9 Å². The van der Waals surface area contributed by atoms with E-state index >= 15 is 0 Å². The third-order valence-corrected chi connectivity index (χ3v) is 4.42. The van der Waals surface area contributed by atoms with E-state index in [9.17, 15) is 0 Å². The molecule has 1 aliphatic rings. The molecule has 0 aliphatic carbocycles. The van der Waals surface area contributed by atoms with Crippen LogP contribution in [0.2, 0.25) is 0 Å². The largest absolute Gasteiger partial charge is 0.339 e. The minimum absolute atomic E-state index is 0.662. The summed E-state index contributed by atoms with van der Waals surface area (Å²) in [5, 5.41) is 7.47. The van der Waals surface area contributed by atoms with Crippen LogP contribution in [-0.4, -0.2) is 29.0 Å². The van der Waals surface area contributed by atoms with Crippen LogP contribution < -0.4 is 5.32 Å². The van der Waals surface area contributed by atoms with Gasteiger partial charge in [-0.2, -0.15) is 16.7 Å². The lowest BCUT2D eigenvalue weighted by Gasteiger charge is -2.20. The van der Waals surface area contributed by atoms with Gasteiger partial charge in [0.2, 0.25) is 5.89 Å². The highest BCUT2D eigenvalue weighted by atomic mass is 32.2. The second-order valence-electron chi connectivity index (χ2n) is 5.43. The highest BCUT2D eigenvalue weighted by Crippen LogP contribution is 2.17. The van der Waals surface area contributed by atoms with Crippen LogP contribution >= 0.6 is 11.8 Å². The minimum atomic E-state index is 0.662. The average Bonchev–Trinajstić information content (AvgIpc) is 2.78. The Morgan fingerprint density at radius 3 is 3.11 bits per heavy atom. The molecule has 0 amide bonds. The first-order valence-electron chi connectivity index (χ1n) is 6.84. The number of hydrogen-bond donors (Lipinski definition) is 1. The van der Waals surface area contributed by atoms with Gasteiger partial charge in [0.15, 0.2) is 5.82 Å². The molecule has 1 unspecified atom stereocenters. The van der Waals surface area contributed by atoms with Gasteiger partial charge < -0.3 is 9.84 Å². The fourth-order valence-electron chi connectivity index (χ4n) is 2.16. The second kappa shape index (κ2) is 7.14. The molecular formula is C13H23N3OS. The summed E-state index contributed by atoms with van der Waals surface area (Å²) in [5.74, 6) is 5.05. The van der Waals surface area contributed by atoms with E-state index in [0.717, 1.165) is 48.6 Å². The molecule has 1 aromatic rings. The lowest BCUT2D eigenvalue weighted by Crippen LogP contribution is -2.30. The molecule has 0 radical (unpaired) electrons. The summed E-state index contributed by atoms with van der Waals surface area (Å²) in [7, 11) is 0. The van der Waals surface area contributed by atoms with Gasteiger partial charge in [-0.05, 0) is 43.5 Å². The lowest BCUT2D eigenvalue weighted by molar-refractivity contribution is 0.315. The van der Waals surface area contributed by atoms with E-state index in [4.69, 9.17) is 4.52 Å². The third-order valence-electron chi connectivity index (χ3n) is 3.05. The van der Waals surface area contributed by atoms with Crippen LogP contribution in [-0.2, 0) is 12.2 Å². The van der Waals surface area contributed by atoms with Gasteiger partial charge in [0.1, 0.15) is 0 Å². The fraction of sp³-hybridized carbons (Fsp3) is 0.846. The van der Waals surface area contributed by atoms with E-state index in [0.29, 0.717) is 5.92 Å². The summed E-state index contributed by atoms with van der Waals surface area (Å²) in [6.07, 6.45) is 3.46. The van der Waals surface area contributed by atoms with Crippen LogP contribution in [0.4, 0.5) is 0 Å². The quantitative estimate of drug-likeness (QED) is 0.860. The van der Waals surface area contributed by atoms with E-state index in [2.05, 4.69) is 29.3 Å². The number of thioether (sulfide) groups is 1. The standard InChI is InChI=1S/C13H23N3OS/c1-10(2)8-18-9-12-15-13(17-16-12)6-11-4-3-5-14-7-11/h10-11,14H,3-9H2,1-2H3. The van der Waals surface area contributed by atoms with E-state index in [-0.39, 0.29) is 0 Å². The minimum Gasteiger partial charge on any atom is -0.339 e. The van der Waals surface area contributed by atoms with E-state index in [1.54, 1.807) is 0 Å². The first kappa shape index (κ1) is 13.9. The molecule has 4 nitrogen and oxygen atoms in total. The number of nitrogens with one attached hydrogen (secondary N) is 1. The predicted molar refractivity (Wildman–Crippen MR) is 74.6 cm³/mol. The SMILES string of the molecule is CC(C)CSCc1noc(CC2CCCNC2)n1. The summed E-state index contributed by atoms with van der Waals surface area (Å²) < 4.78 is 5.32. The van der Waals surface area contributed by atoms with Crippen molar-refractivity contribution in [3.63, 3.8) is 0 Å². The van der Waals surface area contributed by atoms with Gasteiger partial charge in [0.25, 0.3) is 0 Å². The van der Waals surface area contributed by atoms with Crippen molar-refractivity contribution in [1.82, 2.24) is 15.5 Å². The molecule has 102 valence electrons. The lowest BCUT2D eigenvalue weighted by atomic mass is 9.96. The second-order valence-corrected chi connectivity index (χ2v) is 6.46. The molecule has 0 spiro atoms. The first-order valence-corrected chi connectivity index (χ1v) is 7.99. The Morgan fingerprint density at radius 1 is 1.50 bits per heavy atom. The van der Waals surface area contributed by atoms with Crippen molar-refractivity contribution < 1.29 is 4.52 Å². The zero-order valence-corrected chi connectivity index (χ0v) is 12.1. The highest BCUT2D eigenvalue weighted by Gasteiger charge is 2.17. The van der Waals surface area contributed by atoms with Crippen molar-refractivity contribution in [3.05, 3.63) is 11.7 Å². The molecular weight excluding hydrogens is 246 g/mol. The smallest absolute Gasteiger partial charge is 0.226 e. The van der Waals surface area contributed by atoms with Crippen LogP contribution in [0.15, 0.2) is 4.52 Å².